The first-order valence-electron chi connectivity index (χ1n) is 7.02. The number of hydrogen-bond donors (Lipinski definition) is 1. The SMILES string of the molecule is CCN(C(=O)c1n[nH]c2ccccc12)c1cccc(C)c1. The van der Waals surface area contributed by atoms with Crippen molar-refractivity contribution >= 4 is 22.5 Å². The fourth-order valence-electron chi connectivity index (χ4n) is 2.49. The first kappa shape index (κ1) is 13.4. The van der Waals surface area contributed by atoms with Gasteiger partial charge in [0, 0.05) is 17.6 Å². The maximum absolute atomic E-state index is 12.8. The number of aryl methyl sites for hydroxylation is 1. The van der Waals surface area contributed by atoms with Crippen molar-refractivity contribution in [3.8, 4) is 0 Å². The highest BCUT2D eigenvalue weighted by Crippen LogP contribution is 2.21. The van der Waals surface area contributed by atoms with Crippen molar-refractivity contribution in [2.75, 3.05) is 11.4 Å². The van der Waals surface area contributed by atoms with Crippen LogP contribution in [-0.4, -0.2) is 22.6 Å². The molecule has 1 aromatic heterocycles. The zero-order chi connectivity index (χ0) is 14.8. The van der Waals surface area contributed by atoms with E-state index in [9.17, 15) is 4.79 Å². The average Bonchev–Trinajstić information content (AvgIpc) is 2.92. The number of nitrogens with zero attached hydrogens (tertiary/aromatic N) is 2. The summed E-state index contributed by atoms with van der Waals surface area (Å²) in [7, 11) is 0. The Hall–Kier alpha value is -2.62. The number of benzene rings is 2. The average molecular weight is 279 g/mol. The molecule has 0 saturated carbocycles. The number of hydrogen-bond acceptors (Lipinski definition) is 2. The van der Waals surface area contributed by atoms with Crippen molar-refractivity contribution in [2.45, 2.75) is 13.8 Å². The van der Waals surface area contributed by atoms with E-state index in [1.807, 2.05) is 62.4 Å². The Morgan fingerprint density at radius 3 is 2.76 bits per heavy atom. The smallest absolute Gasteiger partial charge is 0.279 e. The third-order valence-electron chi connectivity index (χ3n) is 3.55. The van der Waals surface area contributed by atoms with Gasteiger partial charge in [-0.2, -0.15) is 5.10 Å². The van der Waals surface area contributed by atoms with Crippen LogP contribution in [0, 0.1) is 6.92 Å². The van der Waals surface area contributed by atoms with E-state index < -0.39 is 0 Å². The lowest BCUT2D eigenvalue weighted by atomic mass is 10.1. The Morgan fingerprint density at radius 2 is 2.00 bits per heavy atom. The summed E-state index contributed by atoms with van der Waals surface area (Å²) in [6.07, 6.45) is 0. The number of nitrogens with one attached hydrogen (secondary N) is 1. The number of carbonyl (C=O) groups excluding carboxylic acids is 1. The number of carbonyl (C=O) groups is 1. The molecule has 0 spiro atoms. The predicted molar refractivity (Wildman–Crippen MR) is 84.6 cm³/mol. The van der Waals surface area contributed by atoms with Crippen molar-refractivity contribution in [2.24, 2.45) is 0 Å². The molecular weight excluding hydrogens is 262 g/mol. The summed E-state index contributed by atoms with van der Waals surface area (Å²) in [5.41, 5.74) is 3.37. The van der Waals surface area contributed by atoms with E-state index in [-0.39, 0.29) is 5.91 Å². The molecule has 0 aliphatic carbocycles. The third kappa shape index (κ3) is 2.40. The lowest BCUT2D eigenvalue weighted by Crippen LogP contribution is -2.31. The van der Waals surface area contributed by atoms with Gasteiger partial charge in [-0.3, -0.25) is 9.89 Å². The van der Waals surface area contributed by atoms with Crippen molar-refractivity contribution in [1.82, 2.24) is 10.2 Å². The van der Waals surface area contributed by atoms with Crippen molar-refractivity contribution in [3.05, 3.63) is 59.8 Å². The first-order valence-corrected chi connectivity index (χ1v) is 7.02. The van der Waals surface area contributed by atoms with Crippen LogP contribution in [0.2, 0.25) is 0 Å². The predicted octanol–water partition coefficient (Wildman–Crippen LogP) is 3.54. The van der Waals surface area contributed by atoms with Gasteiger partial charge in [-0.05, 0) is 37.6 Å². The molecule has 0 bridgehead atoms. The van der Waals surface area contributed by atoms with Gasteiger partial charge in [0.2, 0.25) is 0 Å². The normalized spacial score (nSPS) is 10.8. The maximum atomic E-state index is 12.8. The number of H-pyrrole nitrogens is 1. The quantitative estimate of drug-likeness (QED) is 0.797. The number of aromatic amines is 1. The van der Waals surface area contributed by atoms with Gasteiger partial charge in [-0.25, -0.2) is 0 Å². The van der Waals surface area contributed by atoms with Crippen LogP contribution >= 0.6 is 0 Å². The second-order valence-electron chi connectivity index (χ2n) is 5.01. The molecule has 4 heteroatoms. The van der Waals surface area contributed by atoms with Gasteiger partial charge in [0.1, 0.15) is 0 Å². The van der Waals surface area contributed by atoms with Gasteiger partial charge in [-0.15, -0.1) is 0 Å². The molecule has 2 aromatic carbocycles. The number of rotatable bonds is 3. The maximum Gasteiger partial charge on any atom is 0.279 e. The van der Waals surface area contributed by atoms with Crippen LogP contribution in [0.25, 0.3) is 10.9 Å². The fraction of sp³-hybridized carbons (Fsp3) is 0.176. The molecule has 0 unspecified atom stereocenters. The van der Waals surface area contributed by atoms with Crippen molar-refractivity contribution in [1.29, 1.82) is 0 Å². The van der Waals surface area contributed by atoms with Gasteiger partial charge in [0.15, 0.2) is 5.69 Å². The van der Waals surface area contributed by atoms with E-state index >= 15 is 0 Å². The molecule has 1 amide bonds. The van der Waals surface area contributed by atoms with Crippen LogP contribution in [-0.2, 0) is 0 Å². The minimum Gasteiger partial charge on any atom is -0.307 e. The molecular formula is C17H17N3O. The molecule has 0 aliphatic heterocycles. The fourth-order valence-corrected chi connectivity index (χ4v) is 2.49. The molecule has 0 fully saturated rings. The van der Waals surface area contributed by atoms with E-state index in [2.05, 4.69) is 10.2 Å². The number of amides is 1. The van der Waals surface area contributed by atoms with Crippen LogP contribution < -0.4 is 4.90 Å². The summed E-state index contributed by atoms with van der Waals surface area (Å²) >= 11 is 0. The van der Waals surface area contributed by atoms with Crippen LogP contribution in [0.1, 0.15) is 23.0 Å². The van der Waals surface area contributed by atoms with E-state index in [0.717, 1.165) is 22.2 Å². The molecule has 0 saturated heterocycles. The van der Waals surface area contributed by atoms with E-state index in [4.69, 9.17) is 0 Å². The minimum atomic E-state index is -0.0828. The Bertz CT molecular complexity index is 791. The molecule has 3 aromatic rings. The zero-order valence-corrected chi connectivity index (χ0v) is 12.1. The Morgan fingerprint density at radius 1 is 1.19 bits per heavy atom. The van der Waals surface area contributed by atoms with Gasteiger partial charge in [-0.1, -0.05) is 30.3 Å². The summed E-state index contributed by atoms with van der Waals surface area (Å²) in [5.74, 6) is -0.0828. The van der Waals surface area contributed by atoms with E-state index in [1.165, 1.54) is 0 Å². The summed E-state index contributed by atoms with van der Waals surface area (Å²) < 4.78 is 0. The second-order valence-corrected chi connectivity index (χ2v) is 5.01. The van der Waals surface area contributed by atoms with Crippen LogP contribution in [0.4, 0.5) is 5.69 Å². The molecule has 106 valence electrons. The largest absolute Gasteiger partial charge is 0.307 e. The molecule has 0 aliphatic rings. The zero-order valence-electron chi connectivity index (χ0n) is 12.1. The summed E-state index contributed by atoms with van der Waals surface area (Å²) in [4.78, 5) is 14.6. The molecule has 1 heterocycles. The standard InChI is InChI=1S/C17H17N3O/c1-3-20(13-8-6-7-12(2)11-13)17(21)16-14-9-4-5-10-15(14)18-19-16/h4-11H,3H2,1-2H3,(H,18,19). The van der Waals surface area contributed by atoms with Crippen LogP contribution in [0.3, 0.4) is 0 Å². The highest BCUT2D eigenvalue weighted by atomic mass is 16.2. The minimum absolute atomic E-state index is 0.0828. The van der Waals surface area contributed by atoms with Gasteiger partial charge < -0.3 is 4.90 Å². The topological polar surface area (TPSA) is 49.0 Å². The molecule has 0 atom stereocenters. The van der Waals surface area contributed by atoms with Crippen LogP contribution in [0.5, 0.6) is 0 Å². The Balaban J connectivity index is 2.03. The third-order valence-corrected chi connectivity index (χ3v) is 3.55. The number of anilines is 1. The van der Waals surface area contributed by atoms with Gasteiger partial charge in [0.25, 0.3) is 5.91 Å². The summed E-state index contributed by atoms with van der Waals surface area (Å²) in [5, 5.41) is 7.96. The highest BCUT2D eigenvalue weighted by molar-refractivity contribution is 6.12. The monoisotopic (exact) mass is 279 g/mol. The van der Waals surface area contributed by atoms with Crippen molar-refractivity contribution < 1.29 is 4.79 Å². The number of para-hydroxylation sites is 1. The second kappa shape index (κ2) is 5.40. The van der Waals surface area contributed by atoms with Gasteiger partial charge >= 0.3 is 0 Å². The van der Waals surface area contributed by atoms with Crippen molar-refractivity contribution in [3.63, 3.8) is 0 Å². The molecule has 4 nitrogen and oxygen atoms in total. The molecule has 1 N–H and O–H groups in total. The number of fused-ring (bicyclic) bond motifs is 1. The first-order chi connectivity index (χ1) is 10.2. The van der Waals surface area contributed by atoms with E-state index in [1.54, 1.807) is 4.90 Å². The molecule has 0 radical (unpaired) electrons. The lowest BCUT2D eigenvalue weighted by molar-refractivity contribution is 0.0985. The summed E-state index contributed by atoms with van der Waals surface area (Å²) in [6.45, 7) is 4.59. The molecule has 3 rings (SSSR count). The lowest BCUT2D eigenvalue weighted by Gasteiger charge is -2.20. The summed E-state index contributed by atoms with van der Waals surface area (Å²) in [6, 6.07) is 15.6. The highest BCUT2D eigenvalue weighted by Gasteiger charge is 2.21. The number of aromatic nitrogens is 2. The Kier molecular flexibility index (Phi) is 3.44. The van der Waals surface area contributed by atoms with E-state index in [0.29, 0.717) is 12.2 Å². The molecule has 21 heavy (non-hydrogen) atoms. The Labute approximate surface area is 123 Å². The van der Waals surface area contributed by atoms with Gasteiger partial charge in [0.05, 0.1) is 5.52 Å². The van der Waals surface area contributed by atoms with Crippen LogP contribution in [0.15, 0.2) is 48.5 Å².